The van der Waals surface area contributed by atoms with E-state index in [1.54, 1.807) is 26.1 Å². The fraction of sp³-hybridized carbons (Fsp3) is 0.176. The van der Waals surface area contributed by atoms with Gasteiger partial charge in [-0.1, -0.05) is 18.2 Å². The van der Waals surface area contributed by atoms with E-state index in [4.69, 9.17) is 0 Å². The number of rotatable bonds is 5. The molecule has 25 heavy (non-hydrogen) atoms. The molecule has 0 amide bonds. The molecule has 0 spiro atoms. The van der Waals surface area contributed by atoms with Crippen molar-refractivity contribution in [1.82, 2.24) is 15.2 Å². The number of aromatic amines is 1. The highest BCUT2D eigenvalue weighted by molar-refractivity contribution is 7.92. The van der Waals surface area contributed by atoms with E-state index in [1.165, 1.54) is 0 Å². The number of aryl methyl sites for hydroxylation is 2. The standard InChI is InChI=1S/C17H19N5O2S/c1-12-17(13(2)20-19-12)25(23,24)21-16-10-9-15(11-18-16)22(3)14-7-5-4-6-8-14/h4-11H,1-3H3,(H,18,21)(H,19,20). The van der Waals surface area contributed by atoms with E-state index in [1.807, 2.05) is 48.3 Å². The largest absolute Gasteiger partial charge is 0.343 e. The number of benzene rings is 1. The van der Waals surface area contributed by atoms with Crippen LogP contribution in [0.4, 0.5) is 17.2 Å². The number of aromatic nitrogens is 3. The van der Waals surface area contributed by atoms with Crippen molar-refractivity contribution in [1.29, 1.82) is 0 Å². The molecule has 2 heterocycles. The van der Waals surface area contributed by atoms with Crippen molar-refractivity contribution in [2.45, 2.75) is 18.7 Å². The van der Waals surface area contributed by atoms with E-state index < -0.39 is 10.0 Å². The Bertz CT molecular complexity index is 947. The number of hydrogen-bond acceptors (Lipinski definition) is 5. The van der Waals surface area contributed by atoms with Gasteiger partial charge in [0.25, 0.3) is 10.0 Å². The first kappa shape index (κ1) is 17.0. The summed E-state index contributed by atoms with van der Waals surface area (Å²) in [5.74, 6) is 0.255. The van der Waals surface area contributed by atoms with Gasteiger partial charge < -0.3 is 4.90 Å². The number of pyridine rings is 1. The summed E-state index contributed by atoms with van der Waals surface area (Å²) in [5.41, 5.74) is 2.78. The van der Waals surface area contributed by atoms with Crippen LogP contribution in [-0.2, 0) is 10.0 Å². The summed E-state index contributed by atoms with van der Waals surface area (Å²) >= 11 is 0. The molecule has 2 aromatic heterocycles. The molecule has 0 aliphatic rings. The third-order valence-corrected chi connectivity index (χ3v) is 5.46. The first-order chi connectivity index (χ1) is 11.9. The third kappa shape index (κ3) is 3.48. The van der Waals surface area contributed by atoms with Gasteiger partial charge in [-0.3, -0.25) is 9.82 Å². The zero-order valence-electron chi connectivity index (χ0n) is 14.2. The zero-order chi connectivity index (χ0) is 18.0. The molecular weight excluding hydrogens is 338 g/mol. The molecule has 8 heteroatoms. The number of hydrogen-bond donors (Lipinski definition) is 2. The lowest BCUT2D eigenvalue weighted by molar-refractivity contribution is 0.600. The minimum atomic E-state index is -3.74. The Hall–Kier alpha value is -2.87. The Labute approximate surface area is 146 Å². The smallest absolute Gasteiger partial charge is 0.266 e. The van der Waals surface area contributed by atoms with Crippen LogP contribution >= 0.6 is 0 Å². The van der Waals surface area contributed by atoms with Crippen molar-refractivity contribution in [2.24, 2.45) is 0 Å². The Morgan fingerprint density at radius 2 is 1.76 bits per heavy atom. The summed E-state index contributed by atoms with van der Waals surface area (Å²) in [5, 5.41) is 6.60. The summed E-state index contributed by atoms with van der Waals surface area (Å²) < 4.78 is 27.5. The normalized spacial score (nSPS) is 11.3. The molecule has 0 unspecified atom stereocenters. The first-order valence-electron chi connectivity index (χ1n) is 7.68. The molecule has 0 saturated carbocycles. The number of H-pyrrole nitrogens is 1. The second-order valence-corrected chi connectivity index (χ2v) is 7.28. The zero-order valence-corrected chi connectivity index (χ0v) is 15.0. The number of anilines is 3. The van der Waals surface area contributed by atoms with E-state index in [9.17, 15) is 8.42 Å². The van der Waals surface area contributed by atoms with Crippen molar-refractivity contribution in [3.8, 4) is 0 Å². The molecule has 3 aromatic rings. The monoisotopic (exact) mass is 357 g/mol. The lowest BCUT2D eigenvalue weighted by Gasteiger charge is -2.19. The van der Waals surface area contributed by atoms with Gasteiger partial charge in [-0.2, -0.15) is 5.10 Å². The van der Waals surface area contributed by atoms with Gasteiger partial charge in [0.2, 0.25) is 0 Å². The SMILES string of the molecule is Cc1n[nH]c(C)c1S(=O)(=O)Nc1ccc(N(C)c2ccccc2)cn1. The maximum Gasteiger partial charge on any atom is 0.266 e. The molecule has 1 aromatic carbocycles. The summed E-state index contributed by atoms with van der Waals surface area (Å²) in [7, 11) is -1.81. The third-order valence-electron chi connectivity index (χ3n) is 3.85. The van der Waals surface area contributed by atoms with Gasteiger partial charge in [-0.25, -0.2) is 13.4 Å². The molecule has 0 aliphatic heterocycles. The van der Waals surface area contributed by atoms with Crippen LogP contribution in [0.5, 0.6) is 0 Å². The van der Waals surface area contributed by atoms with Crippen LogP contribution in [-0.4, -0.2) is 30.6 Å². The molecule has 0 aliphatic carbocycles. The molecule has 0 bridgehead atoms. The van der Waals surface area contributed by atoms with Gasteiger partial charge >= 0.3 is 0 Å². The molecule has 0 radical (unpaired) electrons. The molecule has 0 saturated heterocycles. The second-order valence-electron chi connectivity index (χ2n) is 5.66. The van der Waals surface area contributed by atoms with Crippen molar-refractivity contribution >= 4 is 27.2 Å². The van der Waals surface area contributed by atoms with Crippen LogP contribution in [0.25, 0.3) is 0 Å². The van der Waals surface area contributed by atoms with Crippen molar-refractivity contribution < 1.29 is 8.42 Å². The van der Waals surface area contributed by atoms with Crippen LogP contribution in [0.15, 0.2) is 53.6 Å². The van der Waals surface area contributed by atoms with E-state index >= 15 is 0 Å². The molecular formula is C17H19N5O2S. The van der Waals surface area contributed by atoms with Gasteiger partial charge in [0.1, 0.15) is 10.7 Å². The molecule has 3 rings (SSSR count). The van der Waals surface area contributed by atoms with Gasteiger partial charge in [-0.05, 0) is 38.1 Å². The number of para-hydroxylation sites is 1. The Balaban J connectivity index is 1.81. The maximum atomic E-state index is 12.5. The van der Waals surface area contributed by atoms with Crippen LogP contribution in [0.1, 0.15) is 11.4 Å². The number of sulfonamides is 1. The average molecular weight is 357 g/mol. The summed E-state index contributed by atoms with van der Waals surface area (Å²) in [6, 6.07) is 13.3. The second kappa shape index (κ2) is 6.56. The topological polar surface area (TPSA) is 91.0 Å². The minimum absolute atomic E-state index is 0.153. The van der Waals surface area contributed by atoms with E-state index in [2.05, 4.69) is 19.9 Å². The van der Waals surface area contributed by atoms with Gasteiger partial charge in [0, 0.05) is 12.7 Å². The number of nitrogens with zero attached hydrogens (tertiary/aromatic N) is 3. The molecule has 130 valence electrons. The fourth-order valence-electron chi connectivity index (χ4n) is 2.57. The van der Waals surface area contributed by atoms with E-state index in [0.29, 0.717) is 11.4 Å². The predicted molar refractivity (Wildman–Crippen MR) is 97.6 cm³/mol. The first-order valence-corrected chi connectivity index (χ1v) is 9.16. The fourth-order valence-corrected chi connectivity index (χ4v) is 3.95. The minimum Gasteiger partial charge on any atom is -0.343 e. The van der Waals surface area contributed by atoms with E-state index in [-0.39, 0.29) is 10.7 Å². The highest BCUT2D eigenvalue weighted by Gasteiger charge is 2.22. The van der Waals surface area contributed by atoms with Gasteiger partial charge in [0.15, 0.2) is 0 Å². The van der Waals surface area contributed by atoms with Crippen LogP contribution in [0.2, 0.25) is 0 Å². The molecule has 2 N–H and O–H groups in total. The van der Waals surface area contributed by atoms with Crippen LogP contribution < -0.4 is 9.62 Å². The summed E-state index contributed by atoms with van der Waals surface area (Å²) in [6.07, 6.45) is 1.62. The van der Waals surface area contributed by atoms with Crippen LogP contribution in [0, 0.1) is 13.8 Å². The Morgan fingerprint density at radius 1 is 1.04 bits per heavy atom. The Kier molecular flexibility index (Phi) is 4.45. The van der Waals surface area contributed by atoms with Crippen molar-refractivity contribution in [3.05, 3.63) is 60.0 Å². The van der Waals surface area contributed by atoms with Crippen LogP contribution in [0.3, 0.4) is 0 Å². The Morgan fingerprint density at radius 3 is 2.32 bits per heavy atom. The van der Waals surface area contributed by atoms with Crippen molar-refractivity contribution in [3.63, 3.8) is 0 Å². The van der Waals surface area contributed by atoms with Crippen molar-refractivity contribution in [2.75, 3.05) is 16.7 Å². The quantitative estimate of drug-likeness (QED) is 0.732. The molecule has 0 atom stereocenters. The summed E-state index contributed by atoms with van der Waals surface area (Å²) in [4.78, 5) is 6.34. The molecule has 7 nitrogen and oxygen atoms in total. The highest BCUT2D eigenvalue weighted by atomic mass is 32.2. The number of nitrogens with one attached hydrogen (secondary N) is 2. The van der Waals surface area contributed by atoms with E-state index in [0.717, 1.165) is 11.4 Å². The average Bonchev–Trinajstić information content (AvgIpc) is 2.95. The van der Waals surface area contributed by atoms with Gasteiger partial charge in [-0.15, -0.1) is 0 Å². The maximum absolute atomic E-state index is 12.5. The highest BCUT2D eigenvalue weighted by Crippen LogP contribution is 2.24. The lowest BCUT2D eigenvalue weighted by Crippen LogP contribution is -2.16. The van der Waals surface area contributed by atoms with Gasteiger partial charge in [0.05, 0.1) is 23.3 Å². The molecule has 0 fully saturated rings. The predicted octanol–water partition coefficient (Wildman–Crippen LogP) is 2.99. The summed E-state index contributed by atoms with van der Waals surface area (Å²) in [6.45, 7) is 3.31. The lowest BCUT2D eigenvalue weighted by atomic mass is 10.3.